The summed E-state index contributed by atoms with van der Waals surface area (Å²) in [4.78, 5) is 23.3. The number of rotatable bonds is 1. The van der Waals surface area contributed by atoms with Gasteiger partial charge in [0.15, 0.2) is 0 Å². The van der Waals surface area contributed by atoms with Crippen molar-refractivity contribution in [1.82, 2.24) is 5.32 Å². The second-order valence-corrected chi connectivity index (χ2v) is 5.10. The Morgan fingerprint density at radius 3 is 2.50 bits per heavy atom. The van der Waals surface area contributed by atoms with Gasteiger partial charge in [-0.05, 0) is 22.0 Å². The Morgan fingerprint density at radius 1 is 1.36 bits per heavy atom. The fourth-order valence-corrected chi connectivity index (χ4v) is 3.07. The number of piperidine rings is 1. The van der Waals surface area contributed by atoms with Crippen LogP contribution in [0.3, 0.4) is 0 Å². The fraction of sp³-hybridized carbons (Fsp3) is 0.333. The lowest BCUT2D eigenvalue weighted by molar-refractivity contribution is -0.133. The van der Waals surface area contributed by atoms with Gasteiger partial charge in [0.2, 0.25) is 11.8 Å². The van der Waals surface area contributed by atoms with E-state index in [9.17, 15) is 9.59 Å². The molecule has 1 aliphatic rings. The zero-order valence-corrected chi connectivity index (χ0v) is 9.65. The zero-order chi connectivity index (χ0) is 10.1. The molecule has 0 aromatic carbocycles. The van der Waals surface area contributed by atoms with Crippen LogP contribution in [-0.2, 0) is 9.59 Å². The second-order valence-electron chi connectivity index (χ2n) is 3.24. The van der Waals surface area contributed by atoms with Gasteiger partial charge in [-0.1, -0.05) is 0 Å². The monoisotopic (exact) mass is 273 g/mol. The van der Waals surface area contributed by atoms with Gasteiger partial charge in [-0.2, -0.15) is 0 Å². The maximum absolute atomic E-state index is 11.1. The predicted octanol–water partition coefficient (Wildman–Crippen LogP) is 2.03. The quantitative estimate of drug-likeness (QED) is 0.796. The van der Waals surface area contributed by atoms with E-state index < -0.39 is 0 Å². The van der Waals surface area contributed by atoms with E-state index in [2.05, 4.69) is 21.2 Å². The average Bonchev–Trinajstić information content (AvgIpc) is 2.50. The smallest absolute Gasteiger partial charge is 0.227 e. The molecule has 2 rings (SSSR count). The molecule has 1 aliphatic heterocycles. The Kier molecular flexibility index (Phi) is 2.69. The van der Waals surface area contributed by atoms with E-state index in [-0.39, 0.29) is 17.7 Å². The summed E-state index contributed by atoms with van der Waals surface area (Å²) in [6, 6.07) is 1.97. The standard InChI is InChI=1S/C9H8BrNO2S/c10-6-3-7(14-4-6)5-1-8(12)11-9(13)2-5/h3-5H,1-2H2,(H,11,12,13). The third-order valence-electron chi connectivity index (χ3n) is 2.13. The zero-order valence-electron chi connectivity index (χ0n) is 7.25. The number of halogens is 1. The minimum atomic E-state index is -0.171. The average molecular weight is 274 g/mol. The molecule has 1 fully saturated rings. The van der Waals surface area contributed by atoms with Gasteiger partial charge < -0.3 is 0 Å². The fourth-order valence-electron chi connectivity index (χ4n) is 1.52. The van der Waals surface area contributed by atoms with Crippen molar-refractivity contribution < 1.29 is 9.59 Å². The predicted molar refractivity (Wildman–Crippen MR) is 57.1 cm³/mol. The van der Waals surface area contributed by atoms with Crippen LogP contribution in [0.2, 0.25) is 0 Å². The molecule has 1 aromatic rings. The number of thiophene rings is 1. The summed E-state index contributed by atoms with van der Waals surface area (Å²) in [5.41, 5.74) is 0. The van der Waals surface area contributed by atoms with Crippen molar-refractivity contribution >= 4 is 39.1 Å². The molecule has 0 radical (unpaired) electrons. The molecule has 0 saturated carbocycles. The highest BCUT2D eigenvalue weighted by Crippen LogP contribution is 2.32. The highest BCUT2D eigenvalue weighted by atomic mass is 79.9. The van der Waals surface area contributed by atoms with Crippen LogP contribution in [0.4, 0.5) is 0 Å². The largest absolute Gasteiger partial charge is 0.296 e. The van der Waals surface area contributed by atoms with Gasteiger partial charge in [0.25, 0.3) is 0 Å². The van der Waals surface area contributed by atoms with Gasteiger partial charge in [-0.3, -0.25) is 14.9 Å². The summed E-state index contributed by atoms with van der Waals surface area (Å²) >= 11 is 4.93. The summed E-state index contributed by atoms with van der Waals surface area (Å²) < 4.78 is 1.01. The molecule has 0 spiro atoms. The summed E-state index contributed by atoms with van der Waals surface area (Å²) in [6.45, 7) is 0. The van der Waals surface area contributed by atoms with E-state index >= 15 is 0 Å². The molecular weight excluding hydrogens is 266 g/mol. The second kappa shape index (κ2) is 3.82. The van der Waals surface area contributed by atoms with Gasteiger partial charge in [0.05, 0.1) is 0 Å². The maximum Gasteiger partial charge on any atom is 0.227 e. The van der Waals surface area contributed by atoms with E-state index in [0.29, 0.717) is 12.8 Å². The van der Waals surface area contributed by atoms with E-state index in [4.69, 9.17) is 0 Å². The molecule has 2 heterocycles. The Morgan fingerprint density at radius 2 is 2.00 bits per heavy atom. The van der Waals surface area contributed by atoms with Crippen molar-refractivity contribution in [3.8, 4) is 0 Å². The summed E-state index contributed by atoms with van der Waals surface area (Å²) in [5, 5.41) is 4.27. The van der Waals surface area contributed by atoms with Crippen LogP contribution in [0.15, 0.2) is 15.9 Å². The molecule has 1 aromatic heterocycles. The molecule has 2 amide bonds. The lowest BCUT2D eigenvalue weighted by Gasteiger charge is -2.19. The molecule has 0 aliphatic carbocycles. The Hall–Kier alpha value is -0.680. The molecule has 14 heavy (non-hydrogen) atoms. The van der Waals surface area contributed by atoms with Crippen LogP contribution in [0.5, 0.6) is 0 Å². The first kappa shape index (κ1) is 9.86. The van der Waals surface area contributed by atoms with E-state index in [1.165, 1.54) is 0 Å². The van der Waals surface area contributed by atoms with Crippen molar-refractivity contribution in [1.29, 1.82) is 0 Å². The lowest BCUT2D eigenvalue weighted by atomic mass is 9.95. The van der Waals surface area contributed by atoms with Gasteiger partial charge in [-0.25, -0.2) is 0 Å². The van der Waals surface area contributed by atoms with E-state index in [1.807, 2.05) is 11.4 Å². The van der Waals surface area contributed by atoms with Crippen LogP contribution in [0, 0.1) is 0 Å². The molecule has 5 heteroatoms. The van der Waals surface area contributed by atoms with Crippen LogP contribution in [-0.4, -0.2) is 11.8 Å². The molecule has 0 bridgehead atoms. The molecular formula is C9H8BrNO2S. The number of carbonyl (C=O) groups excluding carboxylic acids is 2. The SMILES string of the molecule is O=C1CC(c2cc(Br)cs2)CC(=O)N1. The summed E-state index contributed by atoms with van der Waals surface area (Å²) in [5.74, 6) is -0.279. The topological polar surface area (TPSA) is 46.2 Å². The van der Waals surface area contributed by atoms with Crippen LogP contribution >= 0.6 is 27.3 Å². The van der Waals surface area contributed by atoms with Crippen molar-refractivity contribution in [2.45, 2.75) is 18.8 Å². The number of hydrogen-bond acceptors (Lipinski definition) is 3. The van der Waals surface area contributed by atoms with Crippen molar-refractivity contribution in [3.63, 3.8) is 0 Å². The first-order valence-corrected chi connectivity index (χ1v) is 5.89. The van der Waals surface area contributed by atoms with Crippen molar-refractivity contribution in [2.75, 3.05) is 0 Å². The van der Waals surface area contributed by atoms with Crippen LogP contribution < -0.4 is 5.32 Å². The van der Waals surface area contributed by atoms with E-state index in [1.54, 1.807) is 11.3 Å². The van der Waals surface area contributed by atoms with Gasteiger partial charge in [0.1, 0.15) is 0 Å². The third kappa shape index (κ3) is 2.04. The number of carbonyl (C=O) groups is 2. The first-order chi connectivity index (χ1) is 6.65. The van der Waals surface area contributed by atoms with Crippen molar-refractivity contribution in [2.24, 2.45) is 0 Å². The third-order valence-corrected chi connectivity index (χ3v) is 3.99. The molecule has 0 unspecified atom stereocenters. The Balaban J connectivity index is 2.18. The van der Waals surface area contributed by atoms with Gasteiger partial charge in [-0.15, -0.1) is 11.3 Å². The number of nitrogens with one attached hydrogen (secondary N) is 1. The lowest BCUT2D eigenvalue weighted by Crippen LogP contribution is -2.37. The highest BCUT2D eigenvalue weighted by Gasteiger charge is 2.26. The van der Waals surface area contributed by atoms with Crippen LogP contribution in [0.25, 0.3) is 0 Å². The van der Waals surface area contributed by atoms with Crippen molar-refractivity contribution in [3.05, 3.63) is 20.8 Å². The van der Waals surface area contributed by atoms with E-state index in [0.717, 1.165) is 9.35 Å². The Bertz CT molecular complexity index is 372. The summed E-state index contributed by atoms with van der Waals surface area (Å²) in [6.07, 6.45) is 0.831. The highest BCUT2D eigenvalue weighted by molar-refractivity contribution is 9.10. The minimum Gasteiger partial charge on any atom is -0.296 e. The number of amides is 2. The van der Waals surface area contributed by atoms with Crippen LogP contribution in [0.1, 0.15) is 23.6 Å². The Labute approximate surface area is 93.6 Å². The normalized spacial score (nSPS) is 18.4. The molecule has 1 saturated heterocycles. The molecule has 1 N–H and O–H groups in total. The minimum absolute atomic E-state index is 0.0625. The molecule has 74 valence electrons. The maximum atomic E-state index is 11.1. The van der Waals surface area contributed by atoms with Gasteiger partial charge in [0, 0.05) is 33.5 Å². The number of hydrogen-bond donors (Lipinski definition) is 1. The first-order valence-electron chi connectivity index (χ1n) is 4.22. The number of imide groups is 1. The molecule has 0 atom stereocenters. The summed E-state index contributed by atoms with van der Waals surface area (Å²) in [7, 11) is 0. The van der Waals surface area contributed by atoms with Gasteiger partial charge >= 0.3 is 0 Å². The molecule has 3 nitrogen and oxygen atoms in total.